The molecule has 2 N–H and O–H groups in total. The number of halogens is 2. The van der Waals surface area contributed by atoms with Crippen LogP contribution in [0.25, 0.3) is 22.2 Å². The van der Waals surface area contributed by atoms with Gasteiger partial charge in [0.15, 0.2) is 0 Å². The molecule has 0 spiro atoms. The Bertz CT molecular complexity index is 1420. The van der Waals surface area contributed by atoms with Gasteiger partial charge in [-0.25, -0.2) is 4.98 Å². The van der Waals surface area contributed by atoms with Crippen LogP contribution in [0.1, 0.15) is 34.8 Å². The first-order valence-corrected chi connectivity index (χ1v) is 12.3. The monoisotopic (exact) mass is 550 g/mol. The Morgan fingerprint density at radius 2 is 1.74 bits per heavy atom. The fraction of sp³-hybridized carbons (Fsp3) is 0.179. The maximum absolute atomic E-state index is 13.7. The number of nitrogens with zero attached hydrogens (tertiary/aromatic N) is 1. The van der Waals surface area contributed by atoms with E-state index in [0.29, 0.717) is 27.1 Å². The standard InChI is InChI=1S/C28H24BrClN2O3/c1-17-25(20-14-19(29)12-13-23(20)32-26(17)18-8-4-3-5-9-18)27(35)31-16-28(2,15-24(33)34)21-10-6-7-11-22(21)30/h3-14H,15-16H2,1-2H3,(H,31,35)(H,33,34). The first-order valence-electron chi connectivity index (χ1n) is 11.1. The number of carbonyl (C=O) groups is 2. The predicted octanol–water partition coefficient (Wildman–Crippen LogP) is 6.79. The molecule has 1 unspecified atom stereocenters. The summed E-state index contributed by atoms with van der Waals surface area (Å²) < 4.78 is 0.833. The van der Waals surface area contributed by atoms with Crippen molar-refractivity contribution in [3.8, 4) is 11.3 Å². The molecule has 0 aliphatic carbocycles. The summed E-state index contributed by atoms with van der Waals surface area (Å²) in [5.74, 6) is -1.27. The molecule has 4 rings (SSSR count). The lowest BCUT2D eigenvalue weighted by Crippen LogP contribution is -2.40. The number of pyridine rings is 1. The van der Waals surface area contributed by atoms with Gasteiger partial charge in [-0.3, -0.25) is 9.59 Å². The number of hydrogen-bond acceptors (Lipinski definition) is 3. The van der Waals surface area contributed by atoms with Crippen LogP contribution in [0.5, 0.6) is 0 Å². The topological polar surface area (TPSA) is 79.3 Å². The number of benzene rings is 3. The molecule has 0 aliphatic rings. The highest BCUT2D eigenvalue weighted by molar-refractivity contribution is 9.10. The van der Waals surface area contributed by atoms with Gasteiger partial charge >= 0.3 is 5.97 Å². The van der Waals surface area contributed by atoms with Crippen molar-refractivity contribution in [1.29, 1.82) is 0 Å². The lowest BCUT2D eigenvalue weighted by atomic mass is 9.79. The third-order valence-electron chi connectivity index (χ3n) is 6.17. The predicted molar refractivity (Wildman–Crippen MR) is 143 cm³/mol. The smallest absolute Gasteiger partial charge is 0.304 e. The van der Waals surface area contributed by atoms with Gasteiger partial charge in [0.1, 0.15) is 0 Å². The molecule has 0 bridgehead atoms. The van der Waals surface area contributed by atoms with E-state index >= 15 is 0 Å². The molecule has 0 saturated heterocycles. The highest BCUT2D eigenvalue weighted by atomic mass is 79.9. The number of aromatic nitrogens is 1. The van der Waals surface area contributed by atoms with Gasteiger partial charge in [0.2, 0.25) is 0 Å². The summed E-state index contributed by atoms with van der Waals surface area (Å²) in [5, 5.41) is 13.8. The molecule has 7 heteroatoms. The number of amides is 1. The van der Waals surface area contributed by atoms with Crippen LogP contribution in [0.2, 0.25) is 5.02 Å². The second-order valence-electron chi connectivity index (χ2n) is 8.78. The lowest BCUT2D eigenvalue weighted by Gasteiger charge is -2.30. The van der Waals surface area contributed by atoms with Crippen LogP contribution in [-0.2, 0) is 10.2 Å². The van der Waals surface area contributed by atoms with Gasteiger partial charge in [-0.2, -0.15) is 0 Å². The molecule has 3 aromatic carbocycles. The summed E-state index contributed by atoms with van der Waals surface area (Å²) in [6, 6.07) is 22.5. The number of fused-ring (bicyclic) bond motifs is 1. The van der Waals surface area contributed by atoms with E-state index in [-0.39, 0.29) is 18.9 Å². The number of carbonyl (C=O) groups excluding carboxylic acids is 1. The van der Waals surface area contributed by atoms with E-state index in [1.54, 1.807) is 25.1 Å². The van der Waals surface area contributed by atoms with Crippen LogP contribution in [-0.4, -0.2) is 28.5 Å². The van der Waals surface area contributed by atoms with Crippen molar-refractivity contribution in [1.82, 2.24) is 10.3 Å². The normalized spacial score (nSPS) is 12.8. The van der Waals surface area contributed by atoms with Gasteiger partial charge in [-0.05, 0) is 42.3 Å². The van der Waals surface area contributed by atoms with E-state index in [9.17, 15) is 14.7 Å². The molecule has 5 nitrogen and oxygen atoms in total. The third-order valence-corrected chi connectivity index (χ3v) is 6.99. The quantitative estimate of drug-likeness (QED) is 0.265. The molecule has 0 radical (unpaired) electrons. The van der Waals surface area contributed by atoms with Crippen molar-refractivity contribution in [3.05, 3.63) is 99.0 Å². The van der Waals surface area contributed by atoms with Gasteiger partial charge in [0.25, 0.3) is 5.91 Å². The molecule has 178 valence electrons. The highest BCUT2D eigenvalue weighted by Crippen LogP contribution is 2.34. The zero-order valence-corrected chi connectivity index (χ0v) is 21.7. The number of nitrogens with one attached hydrogen (secondary N) is 1. The average molecular weight is 552 g/mol. The fourth-order valence-corrected chi connectivity index (χ4v) is 5.13. The zero-order valence-electron chi connectivity index (χ0n) is 19.3. The van der Waals surface area contributed by atoms with E-state index in [2.05, 4.69) is 21.2 Å². The van der Waals surface area contributed by atoms with Gasteiger partial charge in [-0.1, -0.05) is 83.0 Å². The minimum absolute atomic E-state index is 0.0970. The van der Waals surface area contributed by atoms with Crippen LogP contribution < -0.4 is 5.32 Å². The second-order valence-corrected chi connectivity index (χ2v) is 10.1. The minimum Gasteiger partial charge on any atom is -0.481 e. The number of hydrogen-bond donors (Lipinski definition) is 2. The summed E-state index contributed by atoms with van der Waals surface area (Å²) in [6.07, 6.45) is -0.187. The first-order chi connectivity index (χ1) is 16.7. The van der Waals surface area contributed by atoms with Crippen LogP contribution in [0.15, 0.2) is 77.3 Å². The number of rotatable bonds is 7. The van der Waals surface area contributed by atoms with Crippen molar-refractivity contribution < 1.29 is 14.7 Å². The molecule has 1 aromatic heterocycles. The van der Waals surface area contributed by atoms with E-state index < -0.39 is 11.4 Å². The SMILES string of the molecule is Cc1c(-c2ccccc2)nc2ccc(Br)cc2c1C(=O)NCC(C)(CC(=O)O)c1ccccc1Cl. The average Bonchev–Trinajstić information content (AvgIpc) is 2.82. The van der Waals surface area contributed by atoms with Gasteiger partial charge in [0, 0.05) is 32.4 Å². The molecule has 0 fully saturated rings. The second kappa shape index (κ2) is 10.2. The molecule has 0 saturated carbocycles. The molecule has 4 aromatic rings. The van der Waals surface area contributed by atoms with Gasteiger partial charge in [-0.15, -0.1) is 0 Å². The minimum atomic E-state index is -0.970. The Hall–Kier alpha value is -3.22. The molecule has 35 heavy (non-hydrogen) atoms. The Morgan fingerprint density at radius 1 is 1.06 bits per heavy atom. The summed E-state index contributed by atoms with van der Waals surface area (Å²) in [7, 11) is 0. The summed E-state index contributed by atoms with van der Waals surface area (Å²) in [6.45, 7) is 3.78. The lowest BCUT2D eigenvalue weighted by molar-refractivity contribution is -0.138. The summed E-state index contributed by atoms with van der Waals surface area (Å²) >= 11 is 9.92. The van der Waals surface area contributed by atoms with Crippen molar-refractivity contribution in [2.45, 2.75) is 25.7 Å². The molecule has 1 amide bonds. The van der Waals surface area contributed by atoms with E-state index in [1.165, 1.54) is 0 Å². The van der Waals surface area contributed by atoms with Crippen molar-refractivity contribution >= 4 is 50.3 Å². The van der Waals surface area contributed by atoms with Gasteiger partial charge in [0.05, 0.1) is 23.2 Å². The van der Waals surface area contributed by atoms with Crippen molar-refractivity contribution in [2.75, 3.05) is 6.54 Å². The maximum atomic E-state index is 13.7. The highest BCUT2D eigenvalue weighted by Gasteiger charge is 2.33. The van der Waals surface area contributed by atoms with Crippen molar-refractivity contribution in [2.24, 2.45) is 0 Å². The van der Waals surface area contributed by atoms with Crippen LogP contribution in [0.4, 0.5) is 0 Å². The van der Waals surface area contributed by atoms with Gasteiger partial charge < -0.3 is 10.4 Å². The Labute approximate surface area is 217 Å². The van der Waals surface area contributed by atoms with E-state index in [4.69, 9.17) is 16.6 Å². The van der Waals surface area contributed by atoms with Crippen LogP contribution in [0.3, 0.4) is 0 Å². The summed E-state index contributed by atoms with van der Waals surface area (Å²) in [5.41, 5.74) is 3.36. The number of aliphatic carboxylic acids is 1. The fourth-order valence-electron chi connectivity index (χ4n) is 4.40. The Balaban J connectivity index is 1.78. The zero-order chi connectivity index (χ0) is 25.2. The Morgan fingerprint density at radius 3 is 2.43 bits per heavy atom. The molecular weight excluding hydrogens is 528 g/mol. The molecule has 0 aliphatic heterocycles. The number of carboxylic acids is 1. The summed E-state index contributed by atoms with van der Waals surface area (Å²) in [4.78, 5) is 30.2. The van der Waals surface area contributed by atoms with E-state index in [1.807, 2.05) is 61.5 Å². The van der Waals surface area contributed by atoms with Crippen LogP contribution >= 0.6 is 27.5 Å². The van der Waals surface area contributed by atoms with Crippen molar-refractivity contribution in [3.63, 3.8) is 0 Å². The maximum Gasteiger partial charge on any atom is 0.304 e. The largest absolute Gasteiger partial charge is 0.481 e. The van der Waals surface area contributed by atoms with E-state index in [0.717, 1.165) is 21.3 Å². The number of carboxylic acid groups (broad SMARTS) is 1. The van der Waals surface area contributed by atoms with Crippen LogP contribution in [0, 0.1) is 6.92 Å². The first kappa shape index (κ1) is 24.9. The molecule has 1 heterocycles. The molecular formula is C28H24BrClN2O3. The molecule has 1 atom stereocenters. The third kappa shape index (κ3) is 5.24. The Kier molecular flexibility index (Phi) is 7.24.